The van der Waals surface area contributed by atoms with Gasteiger partial charge in [0.1, 0.15) is 22.3 Å². The van der Waals surface area contributed by atoms with Crippen LogP contribution in [0.15, 0.2) is 317 Å². The lowest BCUT2D eigenvalue weighted by Gasteiger charge is -2.28. The van der Waals surface area contributed by atoms with Gasteiger partial charge < -0.3 is 23.1 Å². The third kappa shape index (κ3) is 7.78. The van der Waals surface area contributed by atoms with Gasteiger partial charge in [-0.05, 0) is 93.0 Å². The van der Waals surface area contributed by atoms with E-state index in [0.29, 0.717) is 0 Å². The Labute approximate surface area is 489 Å². The van der Waals surface area contributed by atoms with Crippen LogP contribution in [0.25, 0.3) is 132 Å². The van der Waals surface area contributed by atoms with Crippen LogP contribution in [0.2, 0.25) is 0 Å². The van der Waals surface area contributed by atoms with Gasteiger partial charge in [-0.2, -0.15) is 0 Å². The smallest absolute Gasteiger partial charge is 0.159 e. The lowest BCUT2D eigenvalue weighted by molar-refractivity contribution is 0.669. The van der Waals surface area contributed by atoms with Gasteiger partial charge in [-0.15, -0.1) is 0 Å². The summed E-state index contributed by atoms with van der Waals surface area (Å²) >= 11 is 0. The van der Waals surface area contributed by atoms with Crippen molar-refractivity contribution in [3.63, 3.8) is 0 Å². The Morgan fingerprint density at radius 2 is 0.553 bits per heavy atom. The topological polar surface area (TPSA) is 45.9 Å². The highest BCUT2D eigenvalue weighted by Gasteiger charge is 2.27. The predicted octanol–water partition coefficient (Wildman–Crippen LogP) is 23.3. The van der Waals surface area contributed by atoms with Crippen molar-refractivity contribution >= 4 is 121 Å². The monoisotopic (exact) mass is 1090 g/mol. The van der Waals surface area contributed by atoms with Crippen LogP contribution in [-0.4, -0.2) is 0 Å². The molecule has 0 radical (unpaired) electrons. The molecule has 0 spiro atoms. The fourth-order valence-electron chi connectivity index (χ4n) is 13.2. The summed E-state index contributed by atoms with van der Waals surface area (Å²) in [5.41, 5.74) is 19.5. The number of para-hydroxylation sites is 6. The zero-order chi connectivity index (χ0) is 56.0. The van der Waals surface area contributed by atoms with Gasteiger partial charge in [0.2, 0.25) is 0 Å². The summed E-state index contributed by atoms with van der Waals surface area (Å²) in [5, 5.41) is 10.7. The maximum Gasteiger partial charge on any atom is 0.159 e. The van der Waals surface area contributed by atoms with Crippen molar-refractivity contribution < 1.29 is 13.3 Å². The Bertz CT molecular complexity index is 5430. The molecule has 0 N–H and O–H groups in total. The van der Waals surface area contributed by atoms with Crippen molar-refractivity contribution in [2.45, 2.75) is 0 Å². The van der Waals surface area contributed by atoms with Gasteiger partial charge in [0.25, 0.3) is 0 Å². The van der Waals surface area contributed by atoms with Gasteiger partial charge in [0.15, 0.2) is 11.2 Å². The van der Waals surface area contributed by atoms with Gasteiger partial charge in [0, 0.05) is 71.7 Å². The van der Waals surface area contributed by atoms with Crippen molar-refractivity contribution in [3.8, 4) is 44.5 Å². The molecule has 5 nitrogen and oxygen atoms in total. The number of furan rings is 3. The molecule has 5 heteroatoms. The molecule has 0 fully saturated rings. The van der Waals surface area contributed by atoms with E-state index < -0.39 is 0 Å². The van der Waals surface area contributed by atoms with E-state index in [0.717, 1.165) is 166 Å². The van der Waals surface area contributed by atoms with Gasteiger partial charge >= 0.3 is 0 Å². The van der Waals surface area contributed by atoms with Crippen LogP contribution in [0.1, 0.15) is 0 Å². The third-order valence-electron chi connectivity index (χ3n) is 17.0. The Morgan fingerprint density at radius 3 is 1.06 bits per heavy atom. The van der Waals surface area contributed by atoms with E-state index in [1.54, 1.807) is 0 Å². The quantitative estimate of drug-likeness (QED) is 0.128. The minimum Gasteiger partial charge on any atom is -0.455 e. The lowest BCUT2D eigenvalue weighted by Crippen LogP contribution is -2.11. The molecule has 0 saturated heterocycles. The molecule has 17 rings (SSSR count). The zero-order valence-electron chi connectivity index (χ0n) is 46.0. The number of nitrogens with zero attached hydrogens (tertiary/aromatic N) is 2. The highest BCUT2D eigenvalue weighted by atomic mass is 16.3. The summed E-state index contributed by atoms with van der Waals surface area (Å²) in [5.74, 6) is 0. The van der Waals surface area contributed by atoms with Crippen LogP contribution in [0, 0.1) is 0 Å². The molecule has 0 aliphatic rings. The summed E-state index contributed by atoms with van der Waals surface area (Å²) in [4.78, 5) is 4.72. The number of hydrogen-bond acceptors (Lipinski definition) is 5. The van der Waals surface area contributed by atoms with Crippen molar-refractivity contribution in [2.75, 3.05) is 9.80 Å². The fraction of sp³-hybridized carbons (Fsp3) is 0. The molecule has 398 valence electrons. The van der Waals surface area contributed by atoms with E-state index in [4.69, 9.17) is 13.3 Å². The molecule has 0 aliphatic carbocycles. The molecular formula is C80H50N2O3. The van der Waals surface area contributed by atoms with Crippen LogP contribution >= 0.6 is 0 Å². The second kappa shape index (κ2) is 19.7. The number of hydrogen-bond donors (Lipinski definition) is 0. The number of anilines is 6. The fourth-order valence-corrected chi connectivity index (χ4v) is 13.2. The predicted molar refractivity (Wildman–Crippen MR) is 354 cm³/mol. The van der Waals surface area contributed by atoms with Gasteiger partial charge in [0.05, 0.1) is 28.4 Å². The largest absolute Gasteiger partial charge is 0.455 e. The van der Waals surface area contributed by atoms with E-state index in [2.05, 4.69) is 313 Å². The van der Waals surface area contributed by atoms with E-state index in [1.165, 1.54) is 0 Å². The Morgan fingerprint density at radius 1 is 0.200 bits per heavy atom. The van der Waals surface area contributed by atoms with E-state index >= 15 is 0 Å². The summed E-state index contributed by atoms with van der Waals surface area (Å²) in [7, 11) is 0. The maximum absolute atomic E-state index is 7.36. The minimum atomic E-state index is 0.782. The summed E-state index contributed by atoms with van der Waals surface area (Å²) in [6.45, 7) is 0. The highest BCUT2D eigenvalue weighted by molar-refractivity contribution is 6.31. The normalized spacial score (nSPS) is 11.8. The Hall–Kier alpha value is -11.4. The Kier molecular flexibility index (Phi) is 11.2. The van der Waals surface area contributed by atoms with Crippen molar-refractivity contribution in [2.24, 2.45) is 0 Å². The number of rotatable bonds is 10. The first-order chi connectivity index (χ1) is 42.2. The second-order valence-corrected chi connectivity index (χ2v) is 21.8. The molecule has 17 aromatic rings. The molecule has 3 heterocycles. The summed E-state index contributed by atoms with van der Waals surface area (Å²) in [6, 6.07) is 108. The first-order valence-corrected chi connectivity index (χ1v) is 28.9. The van der Waals surface area contributed by atoms with Crippen LogP contribution < -0.4 is 9.80 Å². The molecule has 0 atom stereocenters. The van der Waals surface area contributed by atoms with Crippen LogP contribution in [0.3, 0.4) is 0 Å². The molecule has 0 unspecified atom stereocenters. The standard InChI is InChI=1S/C80H50N2O3/c1-5-23-51(24-6-1)57-31-15-17-41-70(57)81(72-43-21-39-65-63-37-19-35-59(76(63)84-78(65)72)53-27-9-3-10-28-53)55-45-47-67-69(49-55)61-33-13-14-34-62(61)75-68-48-46-56(50-74(68)83-80(67)75)82(71-42-18-16-32-58(71)52-25-7-2-8-26-52)73-44-22-40-66-64-38-20-36-60(77(64)85-79(66)73)54-29-11-4-12-30-54/h1-50H. The third-order valence-corrected chi connectivity index (χ3v) is 17.0. The molecule has 3 aromatic heterocycles. The van der Waals surface area contributed by atoms with Crippen molar-refractivity contribution in [1.29, 1.82) is 0 Å². The molecular weight excluding hydrogens is 1040 g/mol. The first-order valence-electron chi connectivity index (χ1n) is 28.9. The number of benzene rings is 14. The second-order valence-electron chi connectivity index (χ2n) is 21.8. The minimum absolute atomic E-state index is 0.782. The van der Waals surface area contributed by atoms with E-state index in [-0.39, 0.29) is 0 Å². The van der Waals surface area contributed by atoms with Crippen molar-refractivity contribution in [1.82, 2.24) is 0 Å². The van der Waals surface area contributed by atoms with E-state index in [1.807, 2.05) is 0 Å². The van der Waals surface area contributed by atoms with Gasteiger partial charge in [-0.25, -0.2) is 0 Å². The molecule has 0 bridgehead atoms. The summed E-state index contributed by atoms with van der Waals surface area (Å²) in [6.07, 6.45) is 0. The van der Waals surface area contributed by atoms with Crippen LogP contribution in [0.4, 0.5) is 34.1 Å². The average Bonchev–Trinajstić information content (AvgIpc) is 2.29. The highest BCUT2D eigenvalue weighted by Crippen LogP contribution is 2.51. The molecule has 0 amide bonds. The zero-order valence-corrected chi connectivity index (χ0v) is 46.0. The van der Waals surface area contributed by atoms with Crippen molar-refractivity contribution in [3.05, 3.63) is 303 Å². The molecule has 0 saturated carbocycles. The van der Waals surface area contributed by atoms with Gasteiger partial charge in [-0.1, -0.05) is 243 Å². The lowest BCUT2D eigenvalue weighted by atomic mass is 9.95. The molecule has 85 heavy (non-hydrogen) atoms. The average molecular weight is 1090 g/mol. The molecule has 14 aromatic carbocycles. The summed E-state index contributed by atoms with van der Waals surface area (Å²) < 4.78 is 21.7. The number of fused-ring (bicyclic) bond motifs is 14. The maximum atomic E-state index is 7.36. The first kappa shape index (κ1) is 48.3. The molecule has 0 aliphatic heterocycles. The Balaban J connectivity index is 0.881. The van der Waals surface area contributed by atoms with Crippen LogP contribution in [0.5, 0.6) is 0 Å². The van der Waals surface area contributed by atoms with Crippen LogP contribution in [-0.2, 0) is 0 Å². The van der Waals surface area contributed by atoms with E-state index in [9.17, 15) is 0 Å². The SMILES string of the molecule is c1ccc(-c2ccccc2N(c2ccc3c(c2)oc2c4ccc(N(c5ccccc5-c5ccccc5)c5cccc6c5oc5c(-c7ccccc7)cccc56)cc4c4ccccc4c32)c2cccc3c2oc2c(-c4ccccc4)cccc23)cc1. The van der Waals surface area contributed by atoms with Gasteiger partial charge in [-0.3, -0.25) is 0 Å².